The highest BCUT2D eigenvalue weighted by molar-refractivity contribution is 8.00. The van der Waals surface area contributed by atoms with Gasteiger partial charge in [-0.15, -0.1) is 11.8 Å². The van der Waals surface area contributed by atoms with Gasteiger partial charge in [0.2, 0.25) is 0 Å². The molecular weight excluding hydrogens is 310 g/mol. The zero-order valence-corrected chi connectivity index (χ0v) is 14.2. The van der Waals surface area contributed by atoms with E-state index in [4.69, 9.17) is 0 Å². The molecule has 22 heavy (non-hydrogen) atoms. The predicted octanol–water partition coefficient (Wildman–Crippen LogP) is 4.40. The van der Waals surface area contributed by atoms with Gasteiger partial charge in [-0.05, 0) is 49.5 Å². The SMILES string of the molecule is Cc1ccc([C@@H]2c3sc(=O)[nH]c3S[C@H]3[C@@H]4CC[C@@H](C4)[C@H]23)cc1. The predicted molar refractivity (Wildman–Crippen MR) is 91.9 cm³/mol. The molecule has 1 aromatic heterocycles. The van der Waals surface area contributed by atoms with E-state index in [9.17, 15) is 4.79 Å². The largest absolute Gasteiger partial charge is 0.307 e. The van der Waals surface area contributed by atoms with Crippen LogP contribution in [0.15, 0.2) is 34.1 Å². The van der Waals surface area contributed by atoms with E-state index in [0.29, 0.717) is 11.2 Å². The van der Waals surface area contributed by atoms with Crippen LogP contribution in [-0.2, 0) is 0 Å². The van der Waals surface area contributed by atoms with Crippen molar-refractivity contribution in [3.63, 3.8) is 0 Å². The first kappa shape index (κ1) is 13.4. The van der Waals surface area contributed by atoms with Crippen molar-refractivity contribution in [3.05, 3.63) is 49.9 Å². The number of H-pyrrole nitrogens is 1. The van der Waals surface area contributed by atoms with Crippen molar-refractivity contribution in [1.82, 2.24) is 4.98 Å². The molecule has 114 valence electrons. The molecule has 2 saturated carbocycles. The van der Waals surface area contributed by atoms with Crippen LogP contribution in [0.4, 0.5) is 0 Å². The minimum Gasteiger partial charge on any atom is -0.307 e. The number of thiazole rings is 1. The summed E-state index contributed by atoms with van der Waals surface area (Å²) in [6.07, 6.45) is 4.19. The first-order valence-corrected chi connectivity index (χ1v) is 9.86. The van der Waals surface area contributed by atoms with Crippen molar-refractivity contribution in [2.75, 3.05) is 0 Å². The van der Waals surface area contributed by atoms with Crippen LogP contribution in [-0.4, -0.2) is 10.2 Å². The molecule has 2 nitrogen and oxygen atoms in total. The molecule has 3 aliphatic rings. The number of benzene rings is 1. The van der Waals surface area contributed by atoms with Gasteiger partial charge >= 0.3 is 4.87 Å². The van der Waals surface area contributed by atoms with E-state index in [-0.39, 0.29) is 4.87 Å². The van der Waals surface area contributed by atoms with E-state index in [1.807, 2.05) is 11.8 Å². The Morgan fingerprint density at radius 1 is 1.14 bits per heavy atom. The Balaban J connectivity index is 1.68. The molecule has 0 saturated heterocycles. The summed E-state index contributed by atoms with van der Waals surface area (Å²) in [5, 5.41) is 1.87. The van der Waals surface area contributed by atoms with E-state index < -0.39 is 0 Å². The van der Waals surface area contributed by atoms with Crippen molar-refractivity contribution >= 4 is 23.1 Å². The Bertz CT molecular complexity index is 775. The molecule has 2 heterocycles. The highest BCUT2D eigenvalue weighted by atomic mass is 32.2. The second-order valence-corrected chi connectivity index (χ2v) is 9.29. The first-order chi connectivity index (χ1) is 10.7. The maximum Gasteiger partial charge on any atom is 0.305 e. The second-order valence-electron chi connectivity index (χ2n) is 7.09. The summed E-state index contributed by atoms with van der Waals surface area (Å²) in [7, 11) is 0. The summed E-state index contributed by atoms with van der Waals surface area (Å²) in [4.78, 5) is 16.5. The summed E-state index contributed by atoms with van der Waals surface area (Å²) in [6, 6.07) is 9.00. The molecule has 2 bridgehead atoms. The van der Waals surface area contributed by atoms with E-state index in [2.05, 4.69) is 36.2 Å². The number of hydrogen-bond donors (Lipinski definition) is 1. The molecule has 2 aromatic rings. The zero-order chi connectivity index (χ0) is 14.8. The van der Waals surface area contributed by atoms with Gasteiger partial charge in [-0.25, -0.2) is 0 Å². The molecule has 0 amide bonds. The van der Waals surface area contributed by atoms with Crippen molar-refractivity contribution < 1.29 is 0 Å². The molecular formula is C18H19NOS2. The van der Waals surface area contributed by atoms with E-state index in [1.165, 1.54) is 46.6 Å². The van der Waals surface area contributed by atoms with Crippen molar-refractivity contribution in [3.8, 4) is 0 Å². The molecule has 1 N–H and O–H groups in total. The lowest BCUT2D eigenvalue weighted by molar-refractivity contribution is 0.307. The second kappa shape index (κ2) is 4.75. The Morgan fingerprint density at radius 2 is 1.91 bits per heavy atom. The summed E-state index contributed by atoms with van der Waals surface area (Å²) >= 11 is 3.41. The number of aromatic nitrogens is 1. The molecule has 0 radical (unpaired) electrons. The molecule has 1 aromatic carbocycles. The monoisotopic (exact) mass is 329 g/mol. The Hall–Kier alpha value is -1.000. The number of rotatable bonds is 1. The molecule has 1 aliphatic heterocycles. The summed E-state index contributed by atoms with van der Waals surface area (Å²) in [5.74, 6) is 2.88. The van der Waals surface area contributed by atoms with E-state index in [1.54, 1.807) is 0 Å². The van der Waals surface area contributed by atoms with Gasteiger partial charge in [-0.3, -0.25) is 4.79 Å². The number of fused-ring (bicyclic) bond motifs is 6. The zero-order valence-electron chi connectivity index (χ0n) is 12.5. The third-order valence-electron chi connectivity index (χ3n) is 5.90. The van der Waals surface area contributed by atoms with Gasteiger partial charge in [-0.1, -0.05) is 41.2 Å². The van der Waals surface area contributed by atoms with Gasteiger partial charge in [0.1, 0.15) is 0 Å². The lowest BCUT2D eigenvalue weighted by Gasteiger charge is -2.40. The van der Waals surface area contributed by atoms with Crippen LogP contribution in [0.3, 0.4) is 0 Å². The number of thioether (sulfide) groups is 1. The van der Waals surface area contributed by atoms with Gasteiger partial charge < -0.3 is 4.98 Å². The van der Waals surface area contributed by atoms with Crippen molar-refractivity contribution in [2.45, 2.75) is 42.4 Å². The lowest BCUT2D eigenvalue weighted by atomic mass is 9.75. The Kier molecular flexibility index (Phi) is 2.90. The average molecular weight is 329 g/mol. The molecule has 2 aliphatic carbocycles. The summed E-state index contributed by atoms with van der Waals surface area (Å²) < 4.78 is 0. The first-order valence-electron chi connectivity index (χ1n) is 8.17. The topological polar surface area (TPSA) is 32.9 Å². The fraction of sp³-hybridized carbons (Fsp3) is 0.500. The van der Waals surface area contributed by atoms with Crippen LogP contribution in [0.5, 0.6) is 0 Å². The average Bonchev–Trinajstić information content (AvgIpc) is 3.19. The molecule has 2 fully saturated rings. The minimum atomic E-state index is 0.113. The van der Waals surface area contributed by atoms with Crippen LogP contribution in [0, 0.1) is 24.7 Å². The van der Waals surface area contributed by atoms with Crippen LogP contribution < -0.4 is 4.87 Å². The number of aryl methyl sites for hydroxylation is 1. The Labute approximate surface area is 138 Å². The maximum atomic E-state index is 11.9. The van der Waals surface area contributed by atoms with Gasteiger partial charge in [0.15, 0.2) is 0 Å². The fourth-order valence-corrected chi connectivity index (χ4v) is 7.89. The molecule has 5 rings (SSSR count). The molecule has 0 spiro atoms. The van der Waals surface area contributed by atoms with E-state index in [0.717, 1.165) is 22.8 Å². The molecule has 0 unspecified atom stereocenters. The van der Waals surface area contributed by atoms with Crippen LogP contribution >= 0.6 is 23.1 Å². The molecule has 5 atom stereocenters. The smallest absolute Gasteiger partial charge is 0.305 e. The third-order valence-corrected chi connectivity index (χ3v) is 8.53. The number of nitrogens with one attached hydrogen (secondary N) is 1. The van der Waals surface area contributed by atoms with Crippen LogP contribution in [0.25, 0.3) is 0 Å². The summed E-state index contributed by atoms with van der Waals surface area (Å²) in [6.45, 7) is 2.14. The normalized spacial score (nSPS) is 35.4. The van der Waals surface area contributed by atoms with Crippen molar-refractivity contribution in [2.24, 2.45) is 17.8 Å². The maximum absolute atomic E-state index is 11.9. The lowest BCUT2D eigenvalue weighted by Crippen LogP contribution is -2.33. The van der Waals surface area contributed by atoms with Gasteiger partial charge in [-0.2, -0.15) is 0 Å². The standard InChI is InChI=1S/C18H19NOS2/c1-9-2-4-10(5-3-9)13-14-11-6-7-12(8-11)15(14)21-17-16(13)22-18(20)19-17/h2-5,11-15H,6-8H2,1H3,(H,19,20)/t11-,12+,13-,14+,15-/m0/s1. The highest BCUT2D eigenvalue weighted by Gasteiger charge is 2.54. The molecule has 4 heteroatoms. The van der Waals surface area contributed by atoms with Crippen LogP contribution in [0.1, 0.15) is 41.2 Å². The van der Waals surface area contributed by atoms with Gasteiger partial charge in [0.05, 0.1) is 5.03 Å². The highest BCUT2D eigenvalue weighted by Crippen LogP contribution is 2.63. The van der Waals surface area contributed by atoms with Crippen molar-refractivity contribution in [1.29, 1.82) is 0 Å². The van der Waals surface area contributed by atoms with Gasteiger partial charge in [0.25, 0.3) is 0 Å². The van der Waals surface area contributed by atoms with Crippen LogP contribution in [0.2, 0.25) is 0 Å². The third kappa shape index (κ3) is 1.83. The summed E-state index contributed by atoms with van der Waals surface area (Å²) in [5.41, 5.74) is 2.71. The van der Waals surface area contributed by atoms with Gasteiger partial charge in [0, 0.05) is 16.0 Å². The quantitative estimate of drug-likeness (QED) is 0.841. The fourth-order valence-electron chi connectivity index (χ4n) is 5.00. The number of aromatic amines is 1. The number of hydrogen-bond acceptors (Lipinski definition) is 3. The van der Waals surface area contributed by atoms with E-state index >= 15 is 0 Å². The Morgan fingerprint density at radius 3 is 2.73 bits per heavy atom. The minimum absolute atomic E-state index is 0.113.